The molecule has 0 radical (unpaired) electrons. The molecule has 0 aliphatic rings. The molecule has 0 bridgehead atoms. The number of methoxy groups -OCH3 is 1. The zero-order chi connectivity index (χ0) is 22.5. The summed E-state index contributed by atoms with van der Waals surface area (Å²) in [5.41, 5.74) is 1.53. The third kappa shape index (κ3) is 5.50. The van der Waals surface area contributed by atoms with Gasteiger partial charge in [-0.25, -0.2) is 0 Å². The van der Waals surface area contributed by atoms with E-state index in [1.165, 1.54) is 11.8 Å². The Kier molecular flexibility index (Phi) is 7.79. The quantitative estimate of drug-likeness (QED) is 0.206. The number of nitro groups is 1. The summed E-state index contributed by atoms with van der Waals surface area (Å²) < 4.78 is 13.6. The van der Waals surface area contributed by atoms with E-state index in [9.17, 15) is 10.1 Å². The van der Waals surface area contributed by atoms with Crippen molar-refractivity contribution < 1.29 is 14.4 Å². The summed E-state index contributed by atoms with van der Waals surface area (Å²) in [6, 6.07) is 10.8. The molecule has 0 amide bonds. The van der Waals surface area contributed by atoms with Crippen molar-refractivity contribution in [3.05, 3.63) is 67.4 Å². The Morgan fingerprint density at radius 2 is 2.00 bits per heavy atom. The van der Waals surface area contributed by atoms with Crippen molar-refractivity contribution in [3.63, 3.8) is 0 Å². The van der Waals surface area contributed by atoms with Gasteiger partial charge in [0.15, 0.2) is 16.7 Å². The zero-order valence-corrected chi connectivity index (χ0v) is 20.2. The maximum atomic E-state index is 11.5. The number of ether oxygens (including phenoxy) is 2. The smallest absolute Gasteiger partial charge is 0.220 e. The summed E-state index contributed by atoms with van der Waals surface area (Å²) in [7, 11) is 1.54. The van der Waals surface area contributed by atoms with Crippen LogP contribution in [0.1, 0.15) is 23.6 Å². The van der Waals surface area contributed by atoms with Crippen LogP contribution in [0.25, 0.3) is 5.69 Å². The Morgan fingerprint density at radius 1 is 1.29 bits per heavy atom. The van der Waals surface area contributed by atoms with Crippen LogP contribution in [0.2, 0.25) is 5.02 Å². The van der Waals surface area contributed by atoms with Crippen LogP contribution in [-0.2, 0) is 0 Å². The molecule has 0 spiro atoms. The second-order valence-corrected chi connectivity index (χ2v) is 8.89. The van der Waals surface area contributed by atoms with E-state index in [-0.39, 0.29) is 11.5 Å². The third-order valence-corrected chi connectivity index (χ3v) is 6.37. The van der Waals surface area contributed by atoms with Gasteiger partial charge < -0.3 is 9.47 Å². The van der Waals surface area contributed by atoms with Gasteiger partial charge in [-0.3, -0.25) is 14.7 Å². The lowest BCUT2D eigenvalue weighted by atomic mass is 10.1. The molecule has 1 aromatic heterocycles. The second-order valence-electron chi connectivity index (χ2n) is 6.43. The van der Waals surface area contributed by atoms with Gasteiger partial charge in [-0.05, 0) is 71.7 Å². The van der Waals surface area contributed by atoms with E-state index >= 15 is 0 Å². The van der Waals surface area contributed by atoms with Crippen molar-refractivity contribution in [2.24, 2.45) is 0 Å². The van der Waals surface area contributed by atoms with Crippen molar-refractivity contribution in [1.82, 2.24) is 14.8 Å². The van der Waals surface area contributed by atoms with Gasteiger partial charge in [0.05, 0.1) is 18.2 Å². The van der Waals surface area contributed by atoms with Gasteiger partial charge >= 0.3 is 0 Å². The lowest BCUT2D eigenvalue weighted by Crippen LogP contribution is -2.12. The van der Waals surface area contributed by atoms with Crippen LogP contribution in [0.4, 0.5) is 0 Å². The molecule has 0 unspecified atom stereocenters. The van der Waals surface area contributed by atoms with E-state index in [1.54, 1.807) is 31.4 Å². The van der Waals surface area contributed by atoms with Crippen LogP contribution in [0.5, 0.6) is 11.5 Å². The molecule has 0 saturated heterocycles. The summed E-state index contributed by atoms with van der Waals surface area (Å²) in [5.74, 6) is 1.71. The van der Waals surface area contributed by atoms with E-state index in [1.807, 2.05) is 30.5 Å². The molecule has 0 fully saturated rings. The van der Waals surface area contributed by atoms with Crippen molar-refractivity contribution in [2.45, 2.75) is 24.3 Å². The molecule has 31 heavy (non-hydrogen) atoms. The van der Waals surface area contributed by atoms with Crippen LogP contribution in [0.3, 0.4) is 0 Å². The van der Waals surface area contributed by atoms with Gasteiger partial charge in [0.2, 0.25) is 6.54 Å². The predicted octanol–water partition coefficient (Wildman–Crippen LogP) is 5.51. The largest absolute Gasteiger partial charge is 0.492 e. The Balaban J connectivity index is 2.03. The minimum absolute atomic E-state index is 0.304. The Morgan fingerprint density at radius 3 is 2.61 bits per heavy atom. The topological polar surface area (TPSA) is 92.3 Å². The van der Waals surface area contributed by atoms with Gasteiger partial charge in [0.25, 0.3) is 0 Å². The van der Waals surface area contributed by atoms with Crippen molar-refractivity contribution in [1.29, 1.82) is 0 Å². The van der Waals surface area contributed by atoms with Crippen molar-refractivity contribution >= 4 is 39.3 Å². The molecule has 0 N–H and O–H groups in total. The van der Waals surface area contributed by atoms with Crippen LogP contribution in [0, 0.1) is 17.0 Å². The highest BCUT2D eigenvalue weighted by atomic mass is 79.9. The zero-order valence-electron chi connectivity index (χ0n) is 17.0. The third-order valence-electron chi connectivity index (χ3n) is 4.35. The summed E-state index contributed by atoms with van der Waals surface area (Å²) in [5, 5.41) is 20.5. The van der Waals surface area contributed by atoms with Gasteiger partial charge in [-0.2, -0.15) is 0 Å². The van der Waals surface area contributed by atoms with E-state index in [2.05, 4.69) is 26.1 Å². The molecule has 8 nitrogen and oxygen atoms in total. The first-order chi connectivity index (χ1) is 14.8. The maximum Gasteiger partial charge on any atom is 0.220 e. The highest BCUT2D eigenvalue weighted by Crippen LogP contribution is 2.43. The molecule has 0 saturated carbocycles. The van der Waals surface area contributed by atoms with Gasteiger partial charge in [-0.1, -0.05) is 23.4 Å². The molecule has 1 atom stereocenters. The standard InChI is InChI=1S/C20H20BrClN4O4S/c1-4-30-17-10-13(9-16(21)19(17)29-3)18(11-25(27)28)31-20-24-23-12(2)26(20)15-7-5-14(22)6-8-15/h5-10,18H,4,11H2,1-3H3/t18-/m0/s1. The first-order valence-corrected chi connectivity index (χ1v) is 11.4. The predicted molar refractivity (Wildman–Crippen MR) is 123 cm³/mol. The number of aryl methyl sites for hydroxylation is 1. The Bertz CT molecular complexity index is 1080. The fourth-order valence-corrected chi connectivity index (χ4v) is 4.92. The van der Waals surface area contributed by atoms with E-state index < -0.39 is 5.25 Å². The number of nitrogens with zero attached hydrogens (tertiary/aromatic N) is 4. The number of hydrogen-bond acceptors (Lipinski definition) is 7. The minimum Gasteiger partial charge on any atom is -0.492 e. The van der Waals surface area contributed by atoms with Gasteiger partial charge in [-0.15, -0.1) is 10.2 Å². The number of benzene rings is 2. The van der Waals surface area contributed by atoms with Gasteiger partial charge in [0, 0.05) is 15.6 Å². The van der Waals surface area contributed by atoms with Crippen LogP contribution >= 0.6 is 39.3 Å². The van der Waals surface area contributed by atoms with Crippen molar-refractivity contribution in [3.8, 4) is 17.2 Å². The molecule has 3 aromatic rings. The highest BCUT2D eigenvalue weighted by molar-refractivity contribution is 9.10. The lowest BCUT2D eigenvalue weighted by molar-refractivity contribution is -0.479. The van der Waals surface area contributed by atoms with E-state index in [0.29, 0.717) is 44.1 Å². The van der Waals surface area contributed by atoms with Crippen LogP contribution in [-0.4, -0.2) is 39.9 Å². The number of halogens is 2. The SMILES string of the molecule is CCOc1cc([C@H](C[N+](=O)[O-])Sc2nnc(C)n2-c2ccc(Cl)cc2)cc(Br)c1OC. The first-order valence-electron chi connectivity index (χ1n) is 9.30. The van der Waals surface area contributed by atoms with Crippen LogP contribution < -0.4 is 9.47 Å². The van der Waals surface area contributed by atoms with Crippen LogP contribution in [0.15, 0.2) is 46.0 Å². The molecular formula is C20H20BrClN4O4S. The number of hydrogen-bond donors (Lipinski definition) is 0. The van der Waals surface area contributed by atoms with Gasteiger partial charge in [0.1, 0.15) is 11.1 Å². The fourth-order valence-electron chi connectivity index (χ4n) is 3.01. The maximum absolute atomic E-state index is 11.5. The average Bonchev–Trinajstić information content (AvgIpc) is 3.08. The molecule has 1 heterocycles. The van der Waals surface area contributed by atoms with E-state index in [0.717, 1.165) is 5.69 Å². The molecule has 3 rings (SSSR count). The minimum atomic E-state index is -0.536. The first kappa shape index (κ1) is 23.4. The summed E-state index contributed by atoms with van der Waals surface area (Å²) in [6.45, 7) is 3.82. The Hall–Kier alpha value is -2.30. The second kappa shape index (κ2) is 10.3. The van der Waals surface area contributed by atoms with Crippen molar-refractivity contribution in [2.75, 3.05) is 20.3 Å². The monoisotopic (exact) mass is 526 g/mol. The molecular weight excluding hydrogens is 508 g/mol. The molecule has 164 valence electrons. The Labute approximate surface area is 197 Å². The fraction of sp³-hybridized carbons (Fsp3) is 0.300. The van der Waals surface area contributed by atoms with E-state index in [4.69, 9.17) is 21.1 Å². The normalized spacial score (nSPS) is 11.9. The highest BCUT2D eigenvalue weighted by Gasteiger charge is 2.26. The molecule has 0 aliphatic carbocycles. The number of thioether (sulfide) groups is 1. The summed E-state index contributed by atoms with van der Waals surface area (Å²) in [6.07, 6.45) is 0. The molecule has 2 aromatic carbocycles. The molecule has 11 heteroatoms. The number of rotatable bonds is 9. The molecule has 0 aliphatic heterocycles. The average molecular weight is 528 g/mol. The lowest BCUT2D eigenvalue weighted by Gasteiger charge is -2.18. The summed E-state index contributed by atoms with van der Waals surface area (Å²) >= 11 is 10.8. The summed E-state index contributed by atoms with van der Waals surface area (Å²) in [4.78, 5) is 11.1. The number of aromatic nitrogens is 3.